The zero-order valence-corrected chi connectivity index (χ0v) is 17.6. The van der Waals surface area contributed by atoms with Crippen molar-refractivity contribution in [2.24, 2.45) is 0 Å². The van der Waals surface area contributed by atoms with Crippen LogP contribution < -0.4 is 10.1 Å². The van der Waals surface area contributed by atoms with Crippen LogP contribution in [0.25, 0.3) is 0 Å². The summed E-state index contributed by atoms with van der Waals surface area (Å²) in [5.74, 6) is 1.24. The number of aromatic nitrogens is 3. The molecule has 8 nitrogen and oxygen atoms in total. The van der Waals surface area contributed by atoms with Gasteiger partial charge >= 0.3 is 0 Å². The van der Waals surface area contributed by atoms with E-state index in [4.69, 9.17) is 4.74 Å². The highest BCUT2D eigenvalue weighted by molar-refractivity contribution is 5.97. The van der Waals surface area contributed by atoms with Crippen LogP contribution in [0.3, 0.4) is 0 Å². The average molecular weight is 416 g/mol. The van der Waals surface area contributed by atoms with Crippen molar-refractivity contribution in [2.75, 3.05) is 25.5 Å². The lowest BCUT2D eigenvalue weighted by Crippen LogP contribution is -2.37. The van der Waals surface area contributed by atoms with E-state index in [-0.39, 0.29) is 11.6 Å². The Balaban J connectivity index is 1.54. The molecule has 1 N–H and O–H groups in total. The molecule has 1 amide bonds. The first-order chi connectivity index (χ1) is 15.1. The Kier molecular flexibility index (Phi) is 5.85. The van der Waals surface area contributed by atoms with Crippen LogP contribution in [0.2, 0.25) is 0 Å². The number of anilines is 1. The van der Waals surface area contributed by atoms with E-state index in [0.717, 1.165) is 34.6 Å². The van der Waals surface area contributed by atoms with Gasteiger partial charge in [-0.05, 0) is 42.2 Å². The summed E-state index contributed by atoms with van der Waals surface area (Å²) >= 11 is 0. The molecule has 158 valence electrons. The van der Waals surface area contributed by atoms with Crippen LogP contribution in [0.4, 0.5) is 5.95 Å². The number of nitrogens with zero attached hydrogens (tertiary/aromatic N) is 5. The first-order valence-corrected chi connectivity index (χ1v) is 10.2. The van der Waals surface area contributed by atoms with Crippen molar-refractivity contribution in [1.82, 2.24) is 19.4 Å². The number of carbonyl (C=O) groups is 1. The lowest BCUT2D eigenvalue weighted by Gasteiger charge is -2.29. The number of imidazole rings is 1. The molecule has 3 aromatic rings. The molecular weight excluding hydrogens is 392 g/mol. The Labute approximate surface area is 181 Å². The molecule has 4 rings (SSSR count). The Hall–Kier alpha value is -3.86. The summed E-state index contributed by atoms with van der Waals surface area (Å²) in [7, 11) is 1.84. The lowest BCUT2D eigenvalue weighted by molar-refractivity contribution is 0.0726. The number of nitrogens with one attached hydrogen (secondary N) is 1. The zero-order valence-electron chi connectivity index (χ0n) is 17.6. The van der Waals surface area contributed by atoms with Gasteiger partial charge in [-0.15, -0.1) is 0 Å². The Morgan fingerprint density at radius 1 is 1.23 bits per heavy atom. The highest BCUT2D eigenvalue weighted by Crippen LogP contribution is 2.24. The summed E-state index contributed by atoms with van der Waals surface area (Å²) in [6.45, 7) is 4.01. The molecule has 0 spiro atoms. The van der Waals surface area contributed by atoms with Crippen LogP contribution >= 0.6 is 0 Å². The van der Waals surface area contributed by atoms with Gasteiger partial charge in [0.05, 0.1) is 13.2 Å². The zero-order chi connectivity index (χ0) is 21.8. The fraction of sp³-hybridized carbons (Fsp3) is 0.304. The number of pyridine rings is 1. The van der Waals surface area contributed by atoms with E-state index in [2.05, 4.69) is 21.4 Å². The summed E-state index contributed by atoms with van der Waals surface area (Å²) in [4.78, 5) is 23.5. The van der Waals surface area contributed by atoms with Crippen LogP contribution in [0.15, 0.2) is 42.9 Å². The summed E-state index contributed by atoms with van der Waals surface area (Å²) in [5.41, 5.74) is 3.94. The molecular formula is C23H24N6O2. The SMILES string of the molecule is CCOc1cc(CN2CCc3ccc(Cn4ccnc4NC)cc3C2=O)cnc1C#N. The standard InChI is InChI=1S/C23H24N6O2/c1-3-31-21-11-17(13-27-20(21)12-24)15-28-8-6-18-5-4-16(10-19(18)22(28)30)14-29-9-7-26-23(29)25-2/h4-5,7,9-11,13H,3,6,8,14-15H2,1-2H3,(H,25,26). The van der Waals surface area contributed by atoms with Crippen molar-refractivity contribution < 1.29 is 9.53 Å². The molecule has 1 aromatic carbocycles. The molecule has 0 atom stereocenters. The van der Waals surface area contributed by atoms with E-state index < -0.39 is 0 Å². The molecule has 0 saturated carbocycles. The number of hydrogen-bond donors (Lipinski definition) is 1. The third-order valence-electron chi connectivity index (χ3n) is 5.32. The maximum atomic E-state index is 13.2. The lowest BCUT2D eigenvalue weighted by atomic mass is 9.96. The molecule has 0 saturated heterocycles. The number of rotatable bonds is 7. The van der Waals surface area contributed by atoms with Crippen molar-refractivity contribution in [1.29, 1.82) is 5.26 Å². The van der Waals surface area contributed by atoms with Crippen LogP contribution in [-0.2, 0) is 19.5 Å². The van der Waals surface area contributed by atoms with Crippen molar-refractivity contribution in [3.05, 3.63) is 70.8 Å². The molecule has 1 aliphatic rings. The largest absolute Gasteiger partial charge is 0.491 e. The van der Waals surface area contributed by atoms with Crippen LogP contribution in [0, 0.1) is 11.3 Å². The molecule has 0 fully saturated rings. The van der Waals surface area contributed by atoms with E-state index in [9.17, 15) is 10.1 Å². The Bertz CT molecular complexity index is 1150. The smallest absolute Gasteiger partial charge is 0.254 e. The quantitative estimate of drug-likeness (QED) is 0.636. The predicted molar refractivity (Wildman–Crippen MR) is 116 cm³/mol. The first kappa shape index (κ1) is 20.4. The minimum Gasteiger partial charge on any atom is -0.491 e. The van der Waals surface area contributed by atoms with Crippen molar-refractivity contribution in [3.8, 4) is 11.8 Å². The Morgan fingerprint density at radius 2 is 2.10 bits per heavy atom. The van der Waals surface area contributed by atoms with Crippen molar-refractivity contribution >= 4 is 11.9 Å². The molecule has 2 aromatic heterocycles. The van der Waals surface area contributed by atoms with Gasteiger partial charge in [-0.1, -0.05) is 12.1 Å². The third kappa shape index (κ3) is 4.21. The molecule has 0 radical (unpaired) electrons. The van der Waals surface area contributed by atoms with E-state index in [1.807, 2.05) is 47.8 Å². The fourth-order valence-corrected chi connectivity index (χ4v) is 3.82. The van der Waals surface area contributed by atoms with E-state index >= 15 is 0 Å². The highest BCUT2D eigenvalue weighted by Gasteiger charge is 2.25. The fourth-order valence-electron chi connectivity index (χ4n) is 3.82. The second kappa shape index (κ2) is 8.88. The minimum atomic E-state index is 0.00453. The van der Waals surface area contributed by atoms with Gasteiger partial charge in [-0.2, -0.15) is 5.26 Å². The van der Waals surface area contributed by atoms with Gasteiger partial charge < -0.3 is 19.5 Å². The summed E-state index contributed by atoms with van der Waals surface area (Å²) in [6, 6.07) is 9.93. The molecule has 8 heteroatoms. The van der Waals surface area contributed by atoms with Crippen LogP contribution in [0.1, 0.15) is 39.7 Å². The monoisotopic (exact) mass is 416 g/mol. The molecule has 1 aliphatic heterocycles. The van der Waals surface area contributed by atoms with Gasteiger partial charge in [0.2, 0.25) is 5.95 Å². The summed E-state index contributed by atoms with van der Waals surface area (Å²) in [6.07, 6.45) is 6.10. The highest BCUT2D eigenvalue weighted by atomic mass is 16.5. The molecule has 31 heavy (non-hydrogen) atoms. The molecule has 0 unspecified atom stereocenters. The number of nitriles is 1. The predicted octanol–water partition coefficient (Wildman–Crippen LogP) is 2.84. The van der Waals surface area contributed by atoms with Crippen molar-refractivity contribution in [3.63, 3.8) is 0 Å². The van der Waals surface area contributed by atoms with Gasteiger partial charge in [-0.25, -0.2) is 9.97 Å². The maximum Gasteiger partial charge on any atom is 0.254 e. The number of ether oxygens (including phenoxy) is 1. The molecule has 0 aliphatic carbocycles. The Morgan fingerprint density at radius 3 is 2.87 bits per heavy atom. The van der Waals surface area contributed by atoms with Crippen LogP contribution in [0.5, 0.6) is 5.75 Å². The number of carbonyl (C=O) groups excluding carboxylic acids is 1. The summed E-state index contributed by atoms with van der Waals surface area (Å²) < 4.78 is 7.53. The minimum absolute atomic E-state index is 0.00453. The average Bonchev–Trinajstić information content (AvgIpc) is 3.23. The van der Waals surface area contributed by atoms with E-state index in [1.54, 1.807) is 18.5 Å². The topological polar surface area (TPSA) is 96.1 Å². The first-order valence-electron chi connectivity index (χ1n) is 10.2. The van der Waals surface area contributed by atoms with E-state index in [0.29, 0.717) is 32.0 Å². The second-order valence-corrected chi connectivity index (χ2v) is 7.33. The molecule has 3 heterocycles. The van der Waals surface area contributed by atoms with Gasteiger partial charge in [0.1, 0.15) is 6.07 Å². The number of benzene rings is 1. The second-order valence-electron chi connectivity index (χ2n) is 7.33. The van der Waals surface area contributed by atoms with E-state index in [1.165, 1.54) is 0 Å². The van der Waals surface area contributed by atoms with Gasteiger partial charge in [-0.3, -0.25) is 4.79 Å². The van der Waals surface area contributed by atoms with Gasteiger partial charge in [0.25, 0.3) is 5.91 Å². The number of hydrogen-bond acceptors (Lipinski definition) is 6. The van der Waals surface area contributed by atoms with Gasteiger partial charge in [0.15, 0.2) is 11.4 Å². The van der Waals surface area contributed by atoms with Crippen molar-refractivity contribution in [2.45, 2.75) is 26.4 Å². The third-order valence-corrected chi connectivity index (χ3v) is 5.32. The number of amides is 1. The number of fused-ring (bicyclic) bond motifs is 1. The molecule has 0 bridgehead atoms. The van der Waals surface area contributed by atoms with Crippen LogP contribution in [-0.4, -0.2) is 45.5 Å². The summed E-state index contributed by atoms with van der Waals surface area (Å²) in [5, 5.41) is 12.3. The maximum absolute atomic E-state index is 13.2. The normalized spacial score (nSPS) is 12.9. The van der Waals surface area contributed by atoms with Gasteiger partial charge in [0, 0.05) is 44.3 Å².